The third-order valence-electron chi connectivity index (χ3n) is 4.01. The van der Waals surface area contributed by atoms with Gasteiger partial charge in [0.25, 0.3) is 5.91 Å². The van der Waals surface area contributed by atoms with Crippen LogP contribution in [0.3, 0.4) is 0 Å². The third-order valence-corrected chi connectivity index (χ3v) is 4.01. The molecule has 0 spiro atoms. The molecule has 6 nitrogen and oxygen atoms in total. The lowest BCUT2D eigenvalue weighted by Gasteiger charge is -2.23. The molecule has 6 heteroatoms. The first-order valence-electron chi connectivity index (χ1n) is 9.06. The zero-order chi connectivity index (χ0) is 19.9. The lowest BCUT2D eigenvalue weighted by molar-refractivity contribution is -0.870. The maximum Gasteiger partial charge on any atom is 0.319 e. The van der Waals surface area contributed by atoms with Gasteiger partial charge in [-0.3, -0.25) is 4.79 Å². The van der Waals surface area contributed by atoms with E-state index in [9.17, 15) is 9.59 Å². The molecule has 0 radical (unpaired) electrons. The van der Waals surface area contributed by atoms with Crippen molar-refractivity contribution in [3.63, 3.8) is 0 Å². The zero-order valence-corrected chi connectivity index (χ0v) is 16.5. The highest BCUT2D eigenvalue weighted by atomic mass is 16.2. The fourth-order valence-electron chi connectivity index (χ4n) is 2.48. The van der Waals surface area contributed by atoms with Crippen molar-refractivity contribution < 1.29 is 14.1 Å². The van der Waals surface area contributed by atoms with E-state index in [-0.39, 0.29) is 11.9 Å². The zero-order valence-electron chi connectivity index (χ0n) is 16.5. The molecule has 0 aliphatic rings. The van der Waals surface area contributed by atoms with Gasteiger partial charge in [0.1, 0.15) is 0 Å². The highest BCUT2D eigenvalue weighted by molar-refractivity contribution is 6.04. The van der Waals surface area contributed by atoms with Crippen molar-refractivity contribution in [3.05, 3.63) is 59.7 Å². The molecule has 2 aromatic carbocycles. The molecule has 0 bridgehead atoms. The number of hydrogen-bond donors (Lipinski definition) is 3. The Hall–Kier alpha value is -2.86. The summed E-state index contributed by atoms with van der Waals surface area (Å²) in [5, 5.41) is 8.48. The highest BCUT2D eigenvalue weighted by Gasteiger charge is 2.08. The molecule has 0 aliphatic carbocycles. The molecule has 3 amide bonds. The van der Waals surface area contributed by atoms with E-state index >= 15 is 0 Å². The summed E-state index contributed by atoms with van der Waals surface area (Å²) in [5.41, 5.74) is 3.07. The summed E-state index contributed by atoms with van der Waals surface area (Å²) >= 11 is 0. The number of nitrogens with one attached hydrogen (secondary N) is 3. The minimum atomic E-state index is -0.229. The van der Waals surface area contributed by atoms with E-state index in [2.05, 4.69) is 37.1 Å². The summed E-state index contributed by atoms with van der Waals surface area (Å²) in [5.74, 6) is -0.161. The van der Waals surface area contributed by atoms with Crippen LogP contribution >= 0.6 is 0 Å². The number of amides is 3. The Morgan fingerprint density at radius 2 is 1.41 bits per heavy atom. The second kappa shape index (κ2) is 9.19. The Labute approximate surface area is 161 Å². The molecule has 0 fully saturated rings. The Balaban J connectivity index is 1.79. The smallest absolute Gasteiger partial charge is 0.319 e. The topological polar surface area (TPSA) is 70.2 Å². The number of hydrogen-bond acceptors (Lipinski definition) is 2. The van der Waals surface area contributed by atoms with Crippen LogP contribution in [0, 0.1) is 6.92 Å². The van der Waals surface area contributed by atoms with Gasteiger partial charge in [0.15, 0.2) is 0 Å². The van der Waals surface area contributed by atoms with E-state index in [1.165, 1.54) is 0 Å². The largest absolute Gasteiger partial charge is 0.338 e. The molecule has 27 heavy (non-hydrogen) atoms. The number of carbonyl (C=O) groups is 2. The fraction of sp³-hybridized carbons (Fsp3) is 0.333. The number of nitrogens with zero attached hydrogens (tertiary/aromatic N) is 1. The molecule has 0 unspecified atom stereocenters. The minimum absolute atomic E-state index is 0.161. The second-order valence-electron chi connectivity index (χ2n) is 7.65. The molecular formula is C21H29N4O2+. The van der Waals surface area contributed by atoms with Gasteiger partial charge in [0, 0.05) is 29.9 Å². The summed E-state index contributed by atoms with van der Waals surface area (Å²) in [6, 6.07) is 14.2. The first kappa shape index (κ1) is 20.5. The number of quaternary nitrogens is 1. The number of rotatable bonds is 7. The molecule has 0 atom stereocenters. The normalized spacial score (nSPS) is 11.0. The lowest BCUT2D eigenvalue weighted by Crippen LogP contribution is -2.38. The maximum absolute atomic E-state index is 12.2. The van der Waals surface area contributed by atoms with Gasteiger partial charge in [-0.05, 0) is 43.3 Å². The molecule has 0 aromatic heterocycles. The van der Waals surface area contributed by atoms with Crippen LogP contribution in [0.5, 0.6) is 0 Å². The molecule has 2 aromatic rings. The minimum Gasteiger partial charge on any atom is -0.338 e. The first-order chi connectivity index (χ1) is 12.7. The van der Waals surface area contributed by atoms with Gasteiger partial charge in [0.2, 0.25) is 0 Å². The number of aryl methyl sites for hydroxylation is 1. The van der Waals surface area contributed by atoms with E-state index in [1.807, 2.05) is 19.1 Å². The van der Waals surface area contributed by atoms with Crippen LogP contribution in [-0.2, 0) is 0 Å². The predicted molar refractivity (Wildman–Crippen MR) is 110 cm³/mol. The third kappa shape index (κ3) is 7.50. The molecule has 2 rings (SSSR count). The van der Waals surface area contributed by atoms with Crippen LogP contribution in [0.2, 0.25) is 0 Å². The number of urea groups is 1. The predicted octanol–water partition coefficient (Wildman–Crippen LogP) is 3.47. The van der Waals surface area contributed by atoms with Gasteiger partial charge < -0.3 is 20.4 Å². The van der Waals surface area contributed by atoms with Crippen LogP contribution in [0.1, 0.15) is 22.3 Å². The molecule has 0 aliphatic heterocycles. The summed E-state index contributed by atoms with van der Waals surface area (Å²) in [4.78, 5) is 24.1. The Morgan fingerprint density at radius 3 is 1.96 bits per heavy atom. The van der Waals surface area contributed by atoms with Crippen molar-refractivity contribution in [1.29, 1.82) is 0 Å². The molecule has 0 saturated carbocycles. The lowest BCUT2D eigenvalue weighted by atomic mass is 10.1. The van der Waals surface area contributed by atoms with Gasteiger partial charge >= 0.3 is 6.03 Å². The van der Waals surface area contributed by atoms with Crippen LogP contribution in [-0.4, -0.2) is 50.7 Å². The van der Waals surface area contributed by atoms with E-state index in [1.54, 1.807) is 36.4 Å². The van der Waals surface area contributed by atoms with E-state index in [0.29, 0.717) is 23.5 Å². The Bertz CT molecular complexity index is 762. The van der Waals surface area contributed by atoms with Crippen LogP contribution in [0.25, 0.3) is 0 Å². The average Bonchev–Trinajstić information content (AvgIpc) is 2.60. The summed E-state index contributed by atoms with van der Waals surface area (Å²) in [6.07, 6.45) is 0.918. The highest BCUT2D eigenvalue weighted by Crippen LogP contribution is 2.15. The van der Waals surface area contributed by atoms with E-state index in [0.717, 1.165) is 23.0 Å². The van der Waals surface area contributed by atoms with Crippen molar-refractivity contribution in [3.8, 4) is 0 Å². The van der Waals surface area contributed by atoms with Crippen molar-refractivity contribution in [2.45, 2.75) is 13.3 Å². The van der Waals surface area contributed by atoms with Gasteiger partial charge in [-0.1, -0.05) is 17.7 Å². The summed E-state index contributed by atoms with van der Waals surface area (Å²) in [6.45, 7) is 3.61. The van der Waals surface area contributed by atoms with Gasteiger partial charge in [-0.25, -0.2) is 4.79 Å². The van der Waals surface area contributed by atoms with Crippen LogP contribution in [0.4, 0.5) is 16.2 Å². The van der Waals surface area contributed by atoms with Gasteiger partial charge in [-0.2, -0.15) is 0 Å². The van der Waals surface area contributed by atoms with Crippen LogP contribution in [0.15, 0.2) is 48.5 Å². The van der Waals surface area contributed by atoms with Crippen molar-refractivity contribution in [1.82, 2.24) is 5.32 Å². The van der Waals surface area contributed by atoms with Gasteiger partial charge in [-0.15, -0.1) is 0 Å². The van der Waals surface area contributed by atoms with Gasteiger partial charge in [0.05, 0.1) is 27.7 Å². The molecular weight excluding hydrogens is 340 g/mol. The number of anilines is 2. The summed E-state index contributed by atoms with van der Waals surface area (Å²) in [7, 11) is 6.37. The molecule has 0 heterocycles. The quantitative estimate of drug-likeness (QED) is 0.517. The van der Waals surface area contributed by atoms with Crippen LogP contribution < -0.4 is 16.0 Å². The number of carbonyl (C=O) groups excluding carboxylic acids is 2. The molecule has 3 N–H and O–H groups in total. The van der Waals surface area contributed by atoms with Crippen molar-refractivity contribution in [2.75, 3.05) is 44.9 Å². The standard InChI is InChI=1S/C21H28N4O2/c1-16-6-8-17(9-7-16)20(26)23-18-10-12-19(13-11-18)24-21(27)22-14-5-15-25(2,3)4/h6-13H,5,14-15H2,1-4H3,(H2-,22,23,24,26,27)/p+1. The summed E-state index contributed by atoms with van der Waals surface area (Å²) < 4.78 is 0.874. The molecule has 144 valence electrons. The molecule has 0 saturated heterocycles. The second-order valence-corrected chi connectivity index (χ2v) is 7.65. The Morgan fingerprint density at radius 1 is 0.852 bits per heavy atom. The SMILES string of the molecule is Cc1ccc(C(=O)Nc2ccc(NC(=O)NCCC[N+](C)(C)C)cc2)cc1. The van der Waals surface area contributed by atoms with E-state index < -0.39 is 0 Å². The fourth-order valence-corrected chi connectivity index (χ4v) is 2.48. The Kier molecular flexibility index (Phi) is 6.96. The number of benzene rings is 2. The van der Waals surface area contributed by atoms with E-state index in [4.69, 9.17) is 0 Å². The van der Waals surface area contributed by atoms with Crippen molar-refractivity contribution >= 4 is 23.3 Å². The monoisotopic (exact) mass is 369 g/mol. The maximum atomic E-state index is 12.2. The average molecular weight is 369 g/mol. The van der Waals surface area contributed by atoms with Crippen molar-refractivity contribution in [2.24, 2.45) is 0 Å². The first-order valence-corrected chi connectivity index (χ1v) is 9.06.